The molecule has 0 aliphatic heterocycles. The van der Waals surface area contributed by atoms with Crippen LogP contribution in [0.2, 0.25) is 0 Å². The molecule has 2 N–H and O–H groups in total. The van der Waals surface area contributed by atoms with Gasteiger partial charge in [-0.25, -0.2) is 4.98 Å². The van der Waals surface area contributed by atoms with Gasteiger partial charge >= 0.3 is 0 Å². The highest BCUT2D eigenvalue weighted by Gasteiger charge is 2.00. The second-order valence-corrected chi connectivity index (χ2v) is 3.82. The number of thioether (sulfide) groups is 1. The summed E-state index contributed by atoms with van der Waals surface area (Å²) in [7, 11) is 1.90. The maximum atomic E-state index is 5.61. The van der Waals surface area contributed by atoms with Gasteiger partial charge in [-0.05, 0) is 6.92 Å². The molecular formula is C7H14N4S. The van der Waals surface area contributed by atoms with Crippen LogP contribution in [0, 0.1) is 0 Å². The van der Waals surface area contributed by atoms with Crippen molar-refractivity contribution in [1.82, 2.24) is 14.8 Å². The maximum Gasteiger partial charge on any atom is 0.138 e. The zero-order valence-electron chi connectivity index (χ0n) is 7.40. The van der Waals surface area contributed by atoms with Crippen molar-refractivity contribution in [2.75, 3.05) is 5.75 Å². The number of aromatic nitrogens is 3. The molecule has 4 nitrogen and oxygen atoms in total. The molecule has 5 heteroatoms. The van der Waals surface area contributed by atoms with E-state index in [0.717, 1.165) is 17.3 Å². The third kappa shape index (κ3) is 2.83. The molecule has 0 saturated heterocycles. The molecule has 0 radical (unpaired) electrons. The number of nitrogens with two attached hydrogens (primary N) is 1. The number of nitrogens with zero attached hydrogens (tertiary/aromatic N) is 3. The van der Waals surface area contributed by atoms with E-state index >= 15 is 0 Å². The molecule has 68 valence electrons. The van der Waals surface area contributed by atoms with Gasteiger partial charge in [0.15, 0.2) is 0 Å². The van der Waals surface area contributed by atoms with Gasteiger partial charge in [-0.3, -0.25) is 4.68 Å². The minimum Gasteiger partial charge on any atom is -0.327 e. The topological polar surface area (TPSA) is 56.7 Å². The van der Waals surface area contributed by atoms with Crippen LogP contribution in [0.5, 0.6) is 0 Å². The largest absolute Gasteiger partial charge is 0.327 e. The van der Waals surface area contributed by atoms with Crippen molar-refractivity contribution in [1.29, 1.82) is 0 Å². The van der Waals surface area contributed by atoms with Gasteiger partial charge in [0.2, 0.25) is 0 Å². The van der Waals surface area contributed by atoms with Crippen molar-refractivity contribution in [3.05, 3.63) is 12.2 Å². The Morgan fingerprint density at radius 3 is 3.00 bits per heavy atom. The zero-order chi connectivity index (χ0) is 8.97. The first-order valence-electron chi connectivity index (χ1n) is 3.86. The molecule has 0 bridgehead atoms. The van der Waals surface area contributed by atoms with Gasteiger partial charge in [0.05, 0.1) is 5.75 Å². The van der Waals surface area contributed by atoms with Crippen LogP contribution in [0.4, 0.5) is 0 Å². The van der Waals surface area contributed by atoms with Crippen LogP contribution >= 0.6 is 11.8 Å². The van der Waals surface area contributed by atoms with E-state index in [2.05, 4.69) is 10.1 Å². The molecule has 0 saturated carbocycles. The standard InChI is InChI=1S/C7H14N4S/c1-6(8)3-12-4-7-9-5-10-11(7)2/h5-6H,3-4,8H2,1-2H3. The lowest BCUT2D eigenvalue weighted by molar-refractivity contribution is 0.729. The summed E-state index contributed by atoms with van der Waals surface area (Å²) in [6.45, 7) is 2.00. The van der Waals surface area contributed by atoms with E-state index in [1.165, 1.54) is 0 Å². The van der Waals surface area contributed by atoms with Crippen LogP contribution in [0.25, 0.3) is 0 Å². The van der Waals surface area contributed by atoms with Gasteiger partial charge in [0.1, 0.15) is 12.2 Å². The fourth-order valence-electron chi connectivity index (χ4n) is 0.787. The van der Waals surface area contributed by atoms with E-state index in [4.69, 9.17) is 5.73 Å². The summed E-state index contributed by atoms with van der Waals surface area (Å²) in [5.74, 6) is 2.85. The Balaban J connectivity index is 2.29. The minimum absolute atomic E-state index is 0.253. The maximum absolute atomic E-state index is 5.61. The van der Waals surface area contributed by atoms with E-state index < -0.39 is 0 Å². The first kappa shape index (κ1) is 9.54. The number of rotatable bonds is 4. The third-order valence-corrected chi connectivity index (χ3v) is 2.64. The van der Waals surface area contributed by atoms with E-state index in [1.807, 2.05) is 14.0 Å². The second kappa shape index (κ2) is 4.47. The molecule has 1 aromatic rings. The van der Waals surface area contributed by atoms with E-state index in [0.29, 0.717) is 0 Å². The van der Waals surface area contributed by atoms with Crippen molar-refractivity contribution < 1.29 is 0 Å². The third-order valence-electron chi connectivity index (χ3n) is 1.42. The highest BCUT2D eigenvalue weighted by Crippen LogP contribution is 2.08. The molecule has 1 rings (SSSR count). The van der Waals surface area contributed by atoms with Crippen LogP contribution < -0.4 is 5.73 Å². The summed E-state index contributed by atoms with van der Waals surface area (Å²) in [4.78, 5) is 4.10. The van der Waals surface area contributed by atoms with Crippen LogP contribution in [-0.2, 0) is 12.8 Å². The Hall–Kier alpha value is -0.550. The average molecular weight is 186 g/mol. The van der Waals surface area contributed by atoms with Crippen LogP contribution in [-0.4, -0.2) is 26.6 Å². The molecule has 0 amide bonds. The van der Waals surface area contributed by atoms with Gasteiger partial charge in [0, 0.05) is 18.8 Å². The van der Waals surface area contributed by atoms with E-state index in [1.54, 1.807) is 22.8 Å². The molecule has 12 heavy (non-hydrogen) atoms. The van der Waals surface area contributed by atoms with Gasteiger partial charge < -0.3 is 5.73 Å². The first-order chi connectivity index (χ1) is 5.70. The Bertz CT molecular complexity index is 233. The lowest BCUT2D eigenvalue weighted by atomic mass is 10.4. The van der Waals surface area contributed by atoms with E-state index in [9.17, 15) is 0 Å². The monoisotopic (exact) mass is 186 g/mol. The molecule has 0 aliphatic carbocycles. The Morgan fingerprint density at radius 2 is 2.50 bits per heavy atom. The summed E-state index contributed by atoms with van der Waals surface area (Å²) in [6, 6.07) is 0.253. The summed E-state index contributed by atoms with van der Waals surface area (Å²) in [6.07, 6.45) is 1.57. The predicted octanol–water partition coefficient (Wildman–Crippen LogP) is 0.395. The lowest BCUT2D eigenvalue weighted by Gasteiger charge is -2.03. The Kier molecular flexibility index (Phi) is 3.55. The fraction of sp³-hybridized carbons (Fsp3) is 0.714. The lowest BCUT2D eigenvalue weighted by Crippen LogP contribution is -2.17. The molecule has 0 fully saturated rings. The predicted molar refractivity (Wildman–Crippen MR) is 50.8 cm³/mol. The smallest absolute Gasteiger partial charge is 0.138 e. The van der Waals surface area contributed by atoms with E-state index in [-0.39, 0.29) is 6.04 Å². The van der Waals surface area contributed by atoms with Crippen molar-refractivity contribution in [3.8, 4) is 0 Å². The van der Waals surface area contributed by atoms with Crippen molar-refractivity contribution in [2.45, 2.75) is 18.7 Å². The van der Waals surface area contributed by atoms with Crippen LogP contribution in [0.1, 0.15) is 12.7 Å². The van der Waals surface area contributed by atoms with Gasteiger partial charge in [-0.2, -0.15) is 16.9 Å². The molecule has 1 unspecified atom stereocenters. The molecule has 1 heterocycles. The van der Waals surface area contributed by atoms with Gasteiger partial charge in [-0.1, -0.05) is 0 Å². The molecule has 0 aromatic carbocycles. The number of hydrogen-bond donors (Lipinski definition) is 1. The molecular weight excluding hydrogens is 172 g/mol. The quantitative estimate of drug-likeness (QED) is 0.739. The van der Waals surface area contributed by atoms with Crippen LogP contribution in [0.3, 0.4) is 0 Å². The molecule has 1 atom stereocenters. The zero-order valence-corrected chi connectivity index (χ0v) is 8.21. The van der Waals surface area contributed by atoms with Gasteiger partial charge in [-0.15, -0.1) is 0 Å². The van der Waals surface area contributed by atoms with Crippen molar-refractivity contribution in [2.24, 2.45) is 12.8 Å². The Morgan fingerprint density at radius 1 is 1.75 bits per heavy atom. The molecule has 1 aromatic heterocycles. The average Bonchev–Trinajstić information content (AvgIpc) is 2.36. The molecule has 0 aliphatic rings. The fourth-order valence-corrected chi connectivity index (χ4v) is 1.72. The van der Waals surface area contributed by atoms with Gasteiger partial charge in [0.25, 0.3) is 0 Å². The van der Waals surface area contributed by atoms with Crippen molar-refractivity contribution in [3.63, 3.8) is 0 Å². The summed E-state index contributed by atoms with van der Waals surface area (Å²) in [5.41, 5.74) is 5.61. The normalized spacial score (nSPS) is 13.2. The molecule has 0 spiro atoms. The second-order valence-electron chi connectivity index (χ2n) is 2.79. The number of hydrogen-bond acceptors (Lipinski definition) is 4. The summed E-state index contributed by atoms with van der Waals surface area (Å²) in [5, 5.41) is 3.98. The first-order valence-corrected chi connectivity index (χ1v) is 5.02. The SMILES string of the molecule is CC(N)CSCc1ncnn1C. The Labute approximate surface area is 76.5 Å². The minimum atomic E-state index is 0.253. The number of aryl methyl sites for hydroxylation is 1. The van der Waals surface area contributed by atoms with Crippen LogP contribution in [0.15, 0.2) is 6.33 Å². The summed E-state index contributed by atoms with van der Waals surface area (Å²) >= 11 is 1.78. The van der Waals surface area contributed by atoms with Crippen molar-refractivity contribution >= 4 is 11.8 Å². The highest BCUT2D eigenvalue weighted by atomic mass is 32.2. The summed E-state index contributed by atoms with van der Waals surface area (Å²) < 4.78 is 1.79. The highest BCUT2D eigenvalue weighted by molar-refractivity contribution is 7.98.